The number of nitrogens with one attached hydrogen (secondary N) is 1. The van der Waals surface area contributed by atoms with Crippen LogP contribution in [0.2, 0.25) is 0 Å². The highest BCUT2D eigenvalue weighted by atomic mass is 32.2. The lowest BCUT2D eigenvalue weighted by atomic mass is 10.1. The molecular formula is C22H30N4O4S. The Bertz CT molecular complexity index is 1010. The summed E-state index contributed by atoms with van der Waals surface area (Å²) in [7, 11) is -1.51. The summed E-state index contributed by atoms with van der Waals surface area (Å²) < 4.78 is 34.3. The molecule has 2 aliphatic rings. The average Bonchev–Trinajstić information content (AvgIpc) is 3.42. The van der Waals surface area contributed by atoms with Gasteiger partial charge in [-0.25, -0.2) is 8.42 Å². The lowest BCUT2D eigenvalue weighted by Gasteiger charge is -2.30. The number of rotatable bonds is 6. The molecule has 0 unspecified atom stereocenters. The van der Waals surface area contributed by atoms with Crippen molar-refractivity contribution in [3.63, 3.8) is 0 Å². The average molecular weight is 447 g/mol. The second-order valence-corrected chi connectivity index (χ2v) is 10.1. The van der Waals surface area contributed by atoms with Crippen LogP contribution in [0.15, 0.2) is 47.5 Å². The highest BCUT2D eigenvalue weighted by molar-refractivity contribution is 7.89. The van der Waals surface area contributed by atoms with Crippen molar-refractivity contribution in [2.24, 2.45) is 7.05 Å². The predicted octanol–water partition coefficient (Wildman–Crippen LogP) is 2.21. The number of anilines is 1. The molecule has 4 rings (SSSR count). The maximum atomic E-state index is 12.9. The number of benzene rings is 1. The number of ether oxygens (including phenoxy) is 1. The minimum atomic E-state index is -3.54. The first-order valence-corrected chi connectivity index (χ1v) is 12.2. The third-order valence-corrected chi connectivity index (χ3v) is 8.14. The van der Waals surface area contributed by atoms with E-state index >= 15 is 0 Å². The fraction of sp³-hybridized carbons (Fsp3) is 0.500. The fourth-order valence-electron chi connectivity index (χ4n) is 4.43. The normalized spacial score (nSPS) is 21.8. The number of likely N-dealkylation sites (tertiary alicyclic amines) is 1. The topological polar surface area (TPSA) is 83.9 Å². The van der Waals surface area contributed by atoms with E-state index in [-0.39, 0.29) is 22.9 Å². The molecule has 3 heterocycles. The van der Waals surface area contributed by atoms with Gasteiger partial charge in [-0.3, -0.25) is 9.69 Å². The van der Waals surface area contributed by atoms with Crippen molar-refractivity contribution >= 4 is 21.6 Å². The number of sulfonamides is 1. The molecule has 1 N–H and O–H groups in total. The Labute approximate surface area is 183 Å². The number of hydrogen-bond donors (Lipinski definition) is 1. The molecule has 8 nitrogen and oxygen atoms in total. The zero-order valence-corrected chi connectivity index (χ0v) is 18.8. The number of hydrogen-bond acceptors (Lipinski definition) is 5. The molecule has 0 saturated carbocycles. The first-order valence-electron chi connectivity index (χ1n) is 10.7. The Balaban J connectivity index is 1.42. The van der Waals surface area contributed by atoms with Gasteiger partial charge in [0.2, 0.25) is 15.9 Å². The Kier molecular flexibility index (Phi) is 6.47. The zero-order valence-electron chi connectivity index (χ0n) is 18.0. The summed E-state index contributed by atoms with van der Waals surface area (Å²) in [6.45, 7) is 4.33. The van der Waals surface area contributed by atoms with Crippen molar-refractivity contribution < 1.29 is 17.9 Å². The second-order valence-electron chi connectivity index (χ2n) is 8.15. The molecule has 2 atom stereocenters. The quantitative estimate of drug-likeness (QED) is 0.736. The molecule has 2 aromatic rings. The van der Waals surface area contributed by atoms with Crippen molar-refractivity contribution in [1.82, 2.24) is 13.8 Å². The van der Waals surface area contributed by atoms with Crippen LogP contribution in [-0.2, 0) is 26.6 Å². The molecular weight excluding hydrogens is 416 g/mol. The first kappa shape index (κ1) is 22.0. The zero-order chi connectivity index (χ0) is 22.0. The first-order chi connectivity index (χ1) is 14.9. The van der Waals surface area contributed by atoms with E-state index in [0.29, 0.717) is 32.0 Å². The highest BCUT2D eigenvalue weighted by Crippen LogP contribution is 2.33. The van der Waals surface area contributed by atoms with Crippen LogP contribution in [0.25, 0.3) is 0 Å². The van der Waals surface area contributed by atoms with Gasteiger partial charge in [-0.15, -0.1) is 0 Å². The van der Waals surface area contributed by atoms with Gasteiger partial charge in [-0.1, -0.05) is 0 Å². The van der Waals surface area contributed by atoms with E-state index in [1.807, 2.05) is 26.2 Å². The monoisotopic (exact) mass is 446 g/mol. The largest absolute Gasteiger partial charge is 0.379 e. The van der Waals surface area contributed by atoms with E-state index < -0.39 is 10.0 Å². The lowest BCUT2D eigenvalue weighted by Crippen LogP contribution is -2.42. The van der Waals surface area contributed by atoms with Gasteiger partial charge in [-0.2, -0.15) is 4.31 Å². The van der Waals surface area contributed by atoms with Gasteiger partial charge in [-0.05, 0) is 62.7 Å². The van der Waals surface area contributed by atoms with Gasteiger partial charge >= 0.3 is 0 Å². The summed E-state index contributed by atoms with van der Waals surface area (Å²) in [5.41, 5.74) is 1.81. The van der Waals surface area contributed by atoms with Crippen molar-refractivity contribution in [1.29, 1.82) is 0 Å². The number of morpholine rings is 1. The van der Waals surface area contributed by atoms with E-state index in [1.54, 1.807) is 24.3 Å². The molecule has 2 fully saturated rings. The van der Waals surface area contributed by atoms with Gasteiger partial charge in [0.1, 0.15) is 0 Å². The minimum Gasteiger partial charge on any atom is -0.379 e. The number of aryl methyl sites for hydroxylation is 1. The van der Waals surface area contributed by atoms with Crippen LogP contribution in [0, 0.1) is 0 Å². The SMILES string of the molecule is C[C@H](C(=O)Nc1ccc(S(=O)(=O)N2CCOCC2)cc1)N1CCC[C@@H]1c1cccn1C. The molecule has 0 aliphatic carbocycles. The van der Waals surface area contributed by atoms with Gasteiger partial charge in [0.15, 0.2) is 0 Å². The maximum absolute atomic E-state index is 12.9. The predicted molar refractivity (Wildman–Crippen MR) is 118 cm³/mol. The standard InChI is InChI=1S/C22H30N4O4S/c1-17(26-12-4-6-21(26)20-5-3-11-24(20)2)22(27)23-18-7-9-19(10-8-18)31(28,29)25-13-15-30-16-14-25/h3,5,7-11,17,21H,4,6,12-16H2,1-2H3,(H,23,27)/t17-,21-/m1/s1. The van der Waals surface area contributed by atoms with Crippen LogP contribution in [-0.4, -0.2) is 67.0 Å². The van der Waals surface area contributed by atoms with Gasteiger partial charge in [0, 0.05) is 37.7 Å². The van der Waals surface area contributed by atoms with Crippen LogP contribution in [0.1, 0.15) is 31.5 Å². The number of nitrogens with zero attached hydrogens (tertiary/aromatic N) is 3. The van der Waals surface area contributed by atoms with E-state index in [4.69, 9.17) is 4.74 Å². The van der Waals surface area contributed by atoms with Crippen LogP contribution in [0.4, 0.5) is 5.69 Å². The van der Waals surface area contributed by atoms with Gasteiger partial charge in [0.25, 0.3) is 0 Å². The molecule has 31 heavy (non-hydrogen) atoms. The van der Waals surface area contributed by atoms with Gasteiger partial charge < -0.3 is 14.6 Å². The summed E-state index contributed by atoms with van der Waals surface area (Å²) in [6.07, 6.45) is 4.12. The van der Waals surface area contributed by atoms with E-state index in [1.165, 1.54) is 10.00 Å². The fourth-order valence-corrected chi connectivity index (χ4v) is 5.84. The molecule has 168 valence electrons. The highest BCUT2D eigenvalue weighted by Gasteiger charge is 2.34. The molecule has 2 aliphatic heterocycles. The molecule has 0 spiro atoms. The van der Waals surface area contributed by atoms with Crippen molar-refractivity contribution in [3.8, 4) is 0 Å². The van der Waals surface area contributed by atoms with Crippen LogP contribution >= 0.6 is 0 Å². The van der Waals surface area contributed by atoms with E-state index in [9.17, 15) is 13.2 Å². The molecule has 1 aromatic heterocycles. The van der Waals surface area contributed by atoms with Crippen molar-refractivity contribution in [3.05, 3.63) is 48.3 Å². The van der Waals surface area contributed by atoms with Gasteiger partial charge in [0.05, 0.1) is 30.2 Å². The molecule has 2 saturated heterocycles. The smallest absolute Gasteiger partial charge is 0.243 e. The van der Waals surface area contributed by atoms with Crippen LogP contribution < -0.4 is 5.32 Å². The summed E-state index contributed by atoms with van der Waals surface area (Å²) >= 11 is 0. The summed E-state index contributed by atoms with van der Waals surface area (Å²) in [6, 6.07) is 10.5. The number of aromatic nitrogens is 1. The Morgan fingerprint density at radius 3 is 2.48 bits per heavy atom. The number of carbonyl (C=O) groups excluding carboxylic acids is 1. The van der Waals surface area contributed by atoms with Crippen molar-refractivity contribution in [2.75, 3.05) is 38.2 Å². The third kappa shape index (κ3) is 4.55. The summed E-state index contributed by atoms with van der Waals surface area (Å²) in [5, 5.41) is 2.94. The molecule has 0 bridgehead atoms. The molecule has 9 heteroatoms. The van der Waals surface area contributed by atoms with E-state index in [0.717, 1.165) is 19.4 Å². The third-order valence-electron chi connectivity index (χ3n) is 6.23. The number of carbonyl (C=O) groups is 1. The molecule has 1 amide bonds. The molecule has 0 radical (unpaired) electrons. The Morgan fingerprint density at radius 2 is 1.84 bits per heavy atom. The number of amides is 1. The Morgan fingerprint density at radius 1 is 1.13 bits per heavy atom. The Hall–Kier alpha value is -2.20. The van der Waals surface area contributed by atoms with Crippen molar-refractivity contribution in [2.45, 2.75) is 36.7 Å². The molecule has 1 aromatic carbocycles. The van der Waals surface area contributed by atoms with E-state index in [2.05, 4.69) is 20.9 Å². The summed E-state index contributed by atoms with van der Waals surface area (Å²) in [5.74, 6) is -0.0927. The maximum Gasteiger partial charge on any atom is 0.243 e. The van der Waals surface area contributed by atoms with Crippen LogP contribution in [0.5, 0.6) is 0 Å². The lowest BCUT2D eigenvalue weighted by molar-refractivity contribution is -0.121. The second kappa shape index (κ2) is 9.12. The summed E-state index contributed by atoms with van der Waals surface area (Å²) in [4.78, 5) is 15.4. The van der Waals surface area contributed by atoms with Crippen LogP contribution in [0.3, 0.4) is 0 Å². The minimum absolute atomic E-state index is 0.0927.